The smallest absolute Gasteiger partial charge is 0.316 e. The number of hydrogen-bond donors (Lipinski definition) is 0. The van der Waals surface area contributed by atoms with Crippen LogP contribution >= 0.6 is 0 Å². The summed E-state index contributed by atoms with van der Waals surface area (Å²) in [6, 6.07) is 0. The van der Waals surface area contributed by atoms with Gasteiger partial charge >= 0.3 is 23.1 Å². The minimum Gasteiger partial charge on any atom is -0.468 e. The highest BCUT2D eigenvalue weighted by atomic mass is 24.3. The van der Waals surface area contributed by atoms with E-state index in [0.717, 1.165) is 0 Å². The normalized spacial score (nSPS) is 5.50. The zero-order valence-electron chi connectivity index (χ0n) is 3.10. The average Bonchev–Trinajstić information content (AvgIpc) is 1.41. The molecule has 0 aliphatic carbocycles. The molecule has 0 saturated carbocycles. The van der Waals surface area contributed by atoms with E-state index in [-0.39, 0.29) is 23.1 Å². The molecule has 0 rings (SSSR count). The number of hydrogen-bond acceptors (Lipinski definition) is 2. The Morgan fingerprint density at radius 2 is 2.33 bits per heavy atom. The molecular formula is C3H8MgO2. The van der Waals surface area contributed by atoms with Crippen molar-refractivity contribution in [2.75, 3.05) is 6.61 Å². The molecule has 0 N–H and O–H groups in total. The van der Waals surface area contributed by atoms with Gasteiger partial charge < -0.3 is 4.74 Å². The van der Waals surface area contributed by atoms with E-state index in [0.29, 0.717) is 13.1 Å². The molecule has 0 atom stereocenters. The lowest BCUT2D eigenvalue weighted by Gasteiger charge is -1.79. The number of carbonyl (C=O) groups is 1. The van der Waals surface area contributed by atoms with Gasteiger partial charge in [0.25, 0.3) is 6.47 Å². The predicted octanol–water partition coefficient (Wildman–Crippen LogP) is -0.737. The summed E-state index contributed by atoms with van der Waals surface area (Å²) in [7, 11) is 0. The summed E-state index contributed by atoms with van der Waals surface area (Å²) in [6.07, 6.45) is 0. The van der Waals surface area contributed by atoms with Crippen LogP contribution in [0.1, 0.15) is 6.92 Å². The first-order chi connectivity index (χ1) is 2.41. The first kappa shape index (κ1) is 9.53. The Bertz CT molecular complexity index is 30.0. The fraction of sp³-hybridized carbons (Fsp3) is 0.667. The molecule has 0 radical (unpaired) electrons. The summed E-state index contributed by atoms with van der Waals surface area (Å²) in [4.78, 5) is 9.18. The SMILES string of the molecule is CCOC=O.[MgH2]. The van der Waals surface area contributed by atoms with Gasteiger partial charge in [-0.15, -0.1) is 0 Å². The first-order valence-corrected chi connectivity index (χ1v) is 1.47. The molecule has 6 heavy (non-hydrogen) atoms. The lowest BCUT2D eigenvalue weighted by molar-refractivity contribution is -0.128. The summed E-state index contributed by atoms with van der Waals surface area (Å²) in [5, 5.41) is 0. The van der Waals surface area contributed by atoms with Gasteiger partial charge in [0, 0.05) is 0 Å². The van der Waals surface area contributed by atoms with Gasteiger partial charge in [0.05, 0.1) is 6.61 Å². The maximum atomic E-state index is 9.18. The zero-order chi connectivity index (χ0) is 4.12. The molecule has 0 fully saturated rings. The van der Waals surface area contributed by atoms with Crippen LogP contribution in [0.15, 0.2) is 0 Å². The number of carbonyl (C=O) groups excluding carboxylic acids is 1. The van der Waals surface area contributed by atoms with E-state index in [1.807, 2.05) is 0 Å². The highest BCUT2D eigenvalue weighted by Gasteiger charge is 1.60. The third kappa shape index (κ3) is 8.87. The minimum atomic E-state index is 0. The summed E-state index contributed by atoms with van der Waals surface area (Å²) in [5.74, 6) is 0. The molecular weight excluding hydrogens is 92.3 g/mol. The maximum Gasteiger partial charge on any atom is 0.316 e. The molecule has 0 bridgehead atoms. The molecule has 0 aromatic carbocycles. The van der Waals surface area contributed by atoms with Crippen LogP contribution in [0.3, 0.4) is 0 Å². The monoisotopic (exact) mass is 100 g/mol. The molecule has 2 nitrogen and oxygen atoms in total. The van der Waals surface area contributed by atoms with Crippen molar-refractivity contribution in [3.63, 3.8) is 0 Å². The van der Waals surface area contributed by atoms with Crippen molar-refractivity contribution < 1.29 is 9.53 Å². The molecule has 0 aliphatic rings. The van der Waals surface area contributed by atoms with Gasteiger partial charge in [0.2, 0.25) is 0 Å². The van der Waals surface area contributed by atoms with E-state index in [9.17, 15) is 4.79 Å². The molecule has 0 amide bonds. The predicted molar refractivity (Wildman–Crippen MR) is 26.2 cm³/mol. The van der Waals surface area contributed by atoms with Crippen molar-refractivity contribution in [1.82, 2.24) is 0 Å². The molecule has 0 spiro atoms. The largest absolute Gasteiger partial charge is 0.468 e. The van der Waals surface area contributed by atoms with E-state index in [1.165, 1.54) is 0 Å². The van der Waals surface area contributed by atoms with Crippen LogP contribution in [0.4, 0.5) is 0 Å². The van der Waals surface area contributed by atoms with Crippen LogP contribution < -0.4 is 0 Å². The standard InChI is InChI=1S/C3H6O2.Mg.2H/c1-2-5-3-4;;;/h3H,2H2,1H3;;;. The number of ether oxygens (including phenoxy) is 1. The molecule has 0 aromatic heterocycles. The van der Waals surface area contributed by atoms with Crippen LogP contribution in [0.25, 0.3) is 0 Å². The van der Waals surface area contributed by atoms with Crippen molar-refractivity contribution in [1.29, 1.82) is 0 Å². The molecule has 0 heterocycles. The van der Waals surface area contributed by atoms with Crippen LogP contribution in [0.5, 0.6) is 0 Å². The number of rotatable bonds is 2. The third-order valence-corrected chi connectivity index (χ3v) is 0.235. The Morgan fingerprint density at radius 3 is 2.33 bits per heavy atom. The van der Waals surface area contributed by atoms with Gasteiger partial charge in [-0.1, -0.05) is 0 Å². The topological polar surface area (TPSA) is 26.3 Å². The maximum absolute atomic E-state index is 9.18. The summed E-state index contributed by atoms with van der Waals surface area (Å²) < 4.78 is 4.15. The van der Waals surface area contributed by atoms with E-state index >= 15 is 0 Å². The Morgan fingerprint density at radius 1 is 1.83 bits per heavy atom. The van der Waals surface area contributed by atoms with Gasteiger partial charge in [-0.25, -0.2) is 0 Å². The van der Waals surface area contributed by atoms with Crippen molar-refractivity contribution in [3.05, 3.63) is 0 Å². The van der Waals surface area contributed by atoms with Crippen LogP contribution in [0.2, 0.25) is 0 Å². The quantitative estimate of drug-likeness (QED) is 0.338. The van der Waals surface area contributed by atoms with E-state index in [2.05, 4.69) is 4.74 Å². The lowest BCUT2D eigenvalue weighted by atomic mass is 10.9. The van der Waals surface area contributed by atoms with Gasteiger partial charge in [-0.05, 0) is 6.92 Å². The first-order valence-electron chi connectivity index (χ1n) is 1.47. The fourth-order valence-electron chi connectivity index (χ4n) is 0.0680. The second kappa shape index (κ2) is 8.97. The van der Waals surface area contributed by atoms with E-state index in [4.69, 9.17) is 0 Å². The van der Waals surface area contributed by atoms with Crippen molar-refractivity contribution in [2.24, 2.45) is 0 Å². The summed E-state index contributed by atoms with van der Waals surface area (Å²) in [5.41, 5.74) is 0. The second-order valence-electron chi connectivity index (χ2n) is 0.552. The van der Waals surface area contributed by atoms with Gasteiger partial charge in [-0.2, -0.15) is 0 Å². The molecule has 0 saturated heterocycles. The van der Waals surface area contributed by atoms with Gasteiger partial charge in [0.15, 0.2) is 0 Å². The van der Waals surface area contributed by atoms with Crippen molar-refractivity contribution in [2.45, 2.75) is 6.92 Å². The molecule has 34 valence electrons. The summed E-state index contributed by atoms with van der Waals surface area (Å²) >= 11 is 0. The fourth-order valence-corrected chi connectivity index (χ4v) is 0.0680. The van der Waals surface area contributed by atoms with Gasteiger partial charge in [0.1, 0.15) is 0 Å². The average molecular weight is 100 g/mol. The Balaban J connectivity index is 0. The van der Waals surface area contributed by atoms with Crippen molar-refractivity contribution >= 4 is 29.5 Å². The zero-order valence-corrected chi connectivity index (χ0v) is 3.10. The van der Waals surface area contributed by atoms with Crippen molar-refractivity contribution in [3.8, 4) is 0 Å². The highest BCUT2D eigenvalue weighted by Crippen LogP contribution is 1.55. The summed E-state index contributed by atoms with van der Waals surface area (Å²) in [6.45, 7) is 2.66. The van der Waals surface area contributed by atoms with E-state index in [1.54, 1.807) is 6.92 Å². The molecule has 0 aliphatic heterocycles. The van der Waals surface area contributed by atoms with Crippen LogP contribution in [-0.2, 0) is 9.53 Å². The Labute approximate surface area is 53.0 Å². The molecule has 0 unspecified atom stereocenters. The third-order valence-electron chi connectivity index (χ3n) is 0.235. The highest BCUT2D eigenvalue weighted by molar-refractivity contribution is 5.75. The minimum absolute atomic E-state index is 0. The Hall–Kier alpha value is 0.236. The molecule has 3 heteroatoms. The van der Waals surface area contributed by atoms with Gasteiger partial charge in [-0.3, -0.25) is 4.79 Å². The molecule has 0 aromatic rings. The van der Waals surface area contributed by atoms with E-state index < -0.39 is 0 Å². The Kier molecular flexibility index (Phi) is 14.2. The second-order valence-corrected chi connectivity index (χ2v) is 0.552. The van der Waals surface area contributed by atoms with Crippen LogP contribution in [0, 0.1) is 0 Å². The lowest BCUT2D eigenvalue weighted by Crippen LogP contribution is -1.80. The van der Waals surface area contributed by atoms with Crippen LogP contribution in [-0.4, -0.2) is 36.1 Å².